The van der Waals surface area contributed by atoms with Crippen molar-refractivity contribution in [3.8, 4) is 0 Å². The summed E-state index contributed by atoms with van der Waals surface area (Å²) in [5.41, 5.74) is 1.17. The maximum absolute atomic E-state index is 12.0. The fourth-order valence-corrected chi connectivity index (χ4v) is 2.66. The minimum Gasteiger partial charge on any atom is -0.351 e. The van der Waals surface area contributed by atoms with E-state index in [1.165, 1.54) is 16.3 Å². The monoisotopic (exact) mass is 254 g/mol. The van der Waals surface area contributed by atoms with Crippen LogP contribution in [0.15, 0.2) is 42.5 Å². The third-order valence-electron chi connectivity index (χ3n) is 3.71. The molecule has 0 saturated carbocycles. The van der Waals surface area contributed by atoms with E-state index in [2.05, 4.69) is 34.9 Å². The Labute approximate surface area is 113 Å². The molecular formula is C16H18N2O. The first-order chi connectivity index (χ1) is 9.34. The van der Waals surface area contributed by atoms with Gasteiger partial charge in [-0.15, -0.1) is 0 Å². The Balaban J connectivity index is 1.73. The number of amides is 1. The highest BCUT2D eigenvalue weighted by atomic mass is 16.2. The van der Waals surface area contributed by atoms with Gasteiger partial charge >= 0.3 is 0 Å². The predicted molar refractivity (Wildman–Crippen MR) is 76.8 cm³/mol. The smallest absolute Gasteiger partial charge is 0.237 e. The predicted octanol–water partition coefficient (Wildman–Crippen LogP) is 2.21. The zero-order valence-electron chi connectivity index (χ0n) is 10.9. The van der Waals surface area contributed by atoms with Crippen molar-refractivity contribution in [3.63, 3.8) is 0 Å². The Morgan fingerprint density at radius 2 is 2.05 bits per heavy atom. The van der Waals surface area contributed by atoms with Crippen molar-refractivity contribution in [2.75, 3.05) is 6.54 Å². The first kappa shape index (κ1) is 12.2. The molecule has 19 heavy (non-hydrogen) atoms. The minimum absolute atomic E-state index is 0.00465. The van der Waals surface area contributed by atoms with Gasteiger partial charge in [0, 0.05) is 6.54 Å². The standard InChI is InChI=1S/C16H18N2O/c19-16(15-9-4-10-17-15)18-11-13-7-3-6-12-5-1-2-8-14(12)13/h1-3,5-8,15,17H,4,9-11H2,(H,18,19)/t15-/m0/s1. The van der Waals surface area contributed by atoms with Gasteiger partial charge in [0.1, 0.15) is 0 Å². The number of nitrogens with one attached hydrogen (secondary N) is 2. The molecule has 1 amide bonds. The Bertz CT molecular complexity index is 583. The van der Waals surface area contributed by atoms with Crippen LogP contribution in [0.2, 0.25) is 0 Å². The highest BCUT2D eigenvalue weighted by molar-refractivity contribution is 5.87. The summed E-state index contributed by atoms with van der Waals surface area (Å²) in [6.45, 7) is 1.55. The number of carbonyl (C=O) groups excluding carboxylic acids is 1. The Morgan fingerprint density at radius 3 is 2.89 bits per heavy atom. The molecule has 3 heteroatoms. The molecule has 1 heterocycles. The van der Waals surface area contributed by atoms with Crippen LogP contribution in [0.25, 0.3) is 10.8 Å². The summed E-state index contributed by atoms with van der Waals surface area (Å²) in [6.07, 6.45) is 2.04. The fraction of sp³-hybridized carbons (Fsp3) is 0.312. The van der Waals surface area contributed by atoms with Gasteiger partial charge < -0.3 is 10.6 Å². The van der Waals surface area contributed by atoms with Crippen LogP contribution in [0.3, 0.4) is 0 Å². The van der Waals surface area contributed by atoms with Crippen molar-refractivity contribution in [1.29, 1.82) is 0 Å². The number of hydrogen-bond acceptors (Lipinski definition) is 2. The Morgan fingerprint density at radius 1 is 1.21 bits per heavy atom. The van der Waals surface area contributed by atoms with E-state index < -0.39 is 0 Å². The number of hydrogen-bond donors (Lipinski definition) is 2. The first-order valence-corrected chi connectivity index (χ1v) is 6.82. The summed E-state index contributed by atoms with van der Waals surface area (Å²) in [6, 6.07) is 14.5. The van der Waals surface area contributed by atoms with E-state index in [9.17, 15) is 4.79 Å². The molecule has 3 nitrogen and oxygen atoms in total. The summed E-state index contributed by atoms with van der Waals surface area (Å²) in [5.74, 6) is 0.116. The van der Waals surface area contributed by atoms with Gasteiger partial charge in [-0.05, 0) is 35.7 Å². The molecule has 0 radical (unpaired) electrons. The summed E-state index contributed by atoms with van der Waals surface area (Å²) < 4.78 is 0. The Kier molecular flexibility index (Phi) is 3.47. The summed E-state index contributed by atoms with van der Waals surface area (Å²) in [7, 11) is 0. The third-order valence-corrected chi connectivity index (χ3v) is 3.71. The second-order valence-corrected chi connectivity index (χ2v) is 5.01. The fourth-order valence-electron chi connectivity index (χ4n) is 2.66. The number of benzene rings is 2. The van der Waals surface area contributed by atoms with Crippen LogP contribution >= 0.6 is 0 Å². The van der Waals surface area contributed by atoms with Crippen molar-refractivity contribution >= 4 is 16.7 Å². The molecule has 2 aromatic carbocycles. The van der Waals surface area contributed by atoms with Gasteiger partial charge in [-0.2, -0.15) is 0 Å². The van der Waals surface area contributed by atoms with Gasteiger partial charge in [-0.3, -0.25) is 4.79 Å². The van der Waals surface area contributed by atoms with E-state index >= 15 is 0 Å². The van der Waals surface area contributed by atoms with E-state index in [-0.39, 0.29) is 11.9 Å². The molecule has 1 fully saturated rings. The van der Waals surface area contributed by atoms with E-state index in [0.717, 1.165) is 19.4 Å². The molecule has 0 spiro atoms. The topological polar surface area (TPSA) is 41.1 Å². The van der Waals surface area contributed by atoms with Crippen molar-refractivity contribution in [3.05, 3.63) is 48.0 Å². The van der Waals surface area contributed by atoms with Crippen LogP contribution in [-0.2, 0) is 11.3 Å². The largest absolute Gasteiger partial charge is 0.351 e. The quantitative estimate of drug-likeness (QED) is 0.881. The molecule has 98 valence electrons. The van der Waals surface area contributed by atoms with Crippen LogP contribution in [-0.4, -0.2) is 18.5 Å². The lowest BCUT2D eigenvalue weighted by molar-refractivity contribution is -0.122. The lowest BCUT2D eigenvalue weighted by Crippen LogP contribution is -2.40. The number of carbonyl (C=O) groups is 1. The van der Waals surface area contributed by atoms with Gasteiger partial charge in [0.15, 0.2) is 0 Å². The van der Waals surface area contributed by atoms with E-state index in [1.54, 1.807) is 0 Å². The van der Waals surface area contributed by atoms with Crippen LogP contribution < -0.4 is 10.6 Å². The van der Waals surface area contributed by atoms with Crippen molar-refractivity contribution in [1.82, 2.24) is 10.6 Å². The summed E-state index contributed by atoms with van der Waals surface area (Å²) >= 11 is 0. The van der Waals surface area contributed by atoms with Gasteiger partial charge in [0.2, 0.25) is 5.91 Å². The van der Waals surface area contributed by atoms with E-state index in [4.69, 9.17) is 0 Å². The molecule has 2 aromatic rings. The molecule has 1 saturated heterocycles. The van der Waals surface area contributed by atoms with E-state index in [1.807, 2.05) is 18.2 Å². The second kappa shape index (κ2) is 5.41. The molecule has 2 N–H and O–H groups in total. The van der Waals surface area contributed by atoms with Gasteiger partial charge in [-0.1, -0.05) is 42.5 Å². The zero-order valence-corrected chi connectivity index (χ0v) is 10.9. The number of fused-ring (bicyclic) bond motifs is 1. The van der Waals surface area contributed by atoms with Gasteiger partial charge in [-0.25, -0.2) is 0 Å². The maximum Gasteiger partial charge on any atom is 0.237 e. The second-order valence-electron chi connectivity index (χ2n) is 5.01. The van der Waals surface area contributed by atoms with Crippen molar-refractivity contribution in [2.45, 2.75) is 25.4 Å². The van der Waals surface area contributed by atoms with Gasteiger partial charge in [0.25, 0.3) is 0 Å². The maximum atomic E-state index is 12.0. The first-order valence-electron chi connectivity index (χ1n) is 6.82. The molecule has 1 atom stereocenters. The van der Waals surface area contributed by atoms with Crippen molar-refractivity contribution in [2.24, 2.45) is 0 Å². The number of rotatable bonds is 3. The molecular weight excluding hydrogens is 236 g/mol. The van der Waals surface area contributed by atoms with Crippen molar-refractivity contribution < 1.29 is 4.79 Å². The zero-order chi connectivity index (χ0) is 13.1. The SMILES string of the molecule is O=C(NCc1cccc2ccccc12)[C@@H]1CCCN1. The molecule has 3 rings (SSSR count). The summed E-state index contributed by atoms with van der Waals surface area (Å²) in [5, 5.41) is 8.68. The third kappa shape index (κ3) is 2.61. The van der Waals surface area contributed by atoms with E-state index in [0.29, 0.717) is 6.54 Å². The molecule has 0 aliphatic carbocycles. The highest BCUT2D eigenvalue weighted by Gasteiger charge is 2.21. The average Bonchev–Trinajstić information content (AvgIpc) is 2.99. The molecule has 0 unspecified atom stereocenters. The lowest BCUT2D eigenvalue weighted by atomic mass is 10.0. The molecule has 0 aromatic heterocycles. The van der Waals surface area contributed by atoms with Gasteiger partial charge in [0.05, 0.1) is 6.04 Å². The highest BCUT2D eigenvalue weighted by Crippen LogP contribution is 2.18. The minimum atomic E-state index is -0.00465. The average molecular weight is 254 g/mol. The molecule has 0 bridgehead atoms. The summed E-state index contributed by atoms with van der Waals surface area (Å²) in [4.78, 5) is 12.0. The van der Waals surface area contributed by atoms with Crippen LogP contribution in [0.5, 0.6) is 0 Å². The molecule has 1 aliphatic heterocycles. The van der Waals surface area contributed by atoms with Crippen LogP contribution in [0.1, 0.15) is 18.4 Å². The van der Waals surface area contributed by atoms with Crippen LogP contribution in [0, 0.1) is 0 Å². The Hall–Kier alpha value is -1.87. The van der Waals surface area contributed by atoms with Crippen LogP contribution in [0.4, 0.5) is 0 Å². The lowest BCUT2D eigenvalue weighted by Gasteiger charge is -2.12. The molecule has 1 aliphatic rings. The normalized spacial score (nSPS) is 18.6.